The van der Waals surface area contributed by atoms with Gasteiger partial charge in [-0.05, 0) is 24.8 Å². The van der Waals surface area contributed by atoms with Gasteiger partial charge in [0.1, 0.15) is 0 Å². The van der Waals surface area contributed by atoms with Crippen LogP contribution >= 0.6 is 12.4 Å². The Labute approximate surface area is 117 Å². The number of rotatable bonds is 5. The van der Waals surface area contributed by atoms with Gasteiger partial charge in [0.2, 0.25) is 0 Å². The molecule has 0 aromatic heterocycles. The molecule has 0 heterocycles. The van der Waals surface area contributed by atoms with Crippen LogP contribution in [0.1, 0.15) is 24.4 Å². The summed E-state index contributed by atoms with van der Waals surface area (Å²) < 4.78 is 10.2. The van der Waals surface area contributed by atoms with Crippen molar-refractivity contribution >= 4 is 18.1 Å². The summed E-state index contributed by atoms with van der Waals surface area (Å²) in [6.07, 6.45) is 2.04. The monoisotopic (exact) mass is 288 g/mol. The fourth-order valence-electron chi connectivity index (χ4n) is 2.02. The van der Waals surface area contributed by atoms with E-state index in [2.05, 4.69) is 0 Å². The fraction of sp³-hybridized carbons (Fsp3) is 0.500. The van der Waals surface area contributed by atoms with Gasteiger partial charge in [-0.25, -0.2) is 0 Å². The van der Waals surface area contributed by atoms with E-state index in [1.54, 1.807) is 6.07 Å². The van der Waals surface area contributed by atoms with E-state index < -0.39 is 4.92 Å². The van der Waals surface area contributed by atoms with E-state index in [9.17, 15) is 10.1 Å². The molecule has 0 aliphatic heterocycles. The van der Waals surface area contributed by atoms with Crippen LogP contribution in [-0.2, 0) is 0 Å². The predicted octanol–water partition coefficient (Wildman–Crippen LogP) is 2.44. The Morgan fingerprint density at radius 3 is 2.26 bits per heavy atom. The summed E-state index contributed by atoms with van der Waals surface area (Å²) in [5.74, 6) is 1.15. The molecule has 1 saturated carbocycles. The molecule has 0 spiro atoms. The number of nitrogens with zero attached hydrogens (tertiary/aromatic N) is 1. The first-order valence-electron chi connectivity index (χ1n) is 5.74. The van der Waals surface area contributed by atoms with E-state index in [1.165, 1.54) is 20.3 Å². The third kappa shape index (κ3) is 3.08. The second-order valence-electron chi connectivity index (χ2n) is 4.39. The van der Waals surface area contributed by atoms with Crippen LogP contribution in [0.4, 0.5) is 5.69 Å². The van der Waals surface area contributed by atoms with Crippen molar-refractivity contribution in [3.63, 3.8) is 0 Å². The SMILES string of the molecule is COc1cc([C@@H](N)C2CC2)c([N+](=O)[O-])cc1OC.Cl. The van der Waals surface area contributed by atoms with Crippen molar-refractivity contribution in [2.45, 2.75) is 18.9 Å². The number of benzene rings is 1. The molecule has 2 rings (SSSR count). The maximum atomic E-state index is 11.1. The highest BCUT2D eigenvalue weighted by atomic mass is 35.5. The van der Waals surface area contributed by atoms with Gasteiger partial charge in [0, 0.05) is 6.04 Å². The first-order chi connectivity index (χ1) is 8.58. The van der Waals surface area contributed by atoms with Crippen molar-refractivity contribution in [3.8, 4) is 11.5 Å². The molecule has 1 atom stereocenters. The lowest BCUT2D eigenvalue weighted by Gasteiger charge is -2.14. The third-order valence-electron chi connectivity index (χ3n) is 3.22. The molecule has 19 heavy (non-hydrogen) atoms. The van der Waals surface area contributed by atoms with E-state index in [0.29, 0.717) is 23.0 Å². The second-order valence-corrected chi connectivity index (χ2v) is 4.39. The van der Waals surface area contributed by atoms with Gasteiger partial charge in [-0.15, -0.1) is 12.4 Å². The van der Waals surface area contributed by atoms with E-state index in [4.69, 9.17) is 15.2 Å². The number of ether oxygens (including phenoxy) is 2. The molecule has 1 aromatic rings. The van der Waals surface area contributed by atoms with Gasteiger partial charge in [-0.2, -0.15) is 0 Å². The molecule has 106 valence electrons. The van der Waals surface area contributed by atoms with Crippen LogP contribution in [0.25, 0.3) is 0 Å². The minimum Gasteiger partial charge on any atom is -0.493 e. The highest BCUT2D eigenvalue weighted by Crippen LogP contribution is 2.45. The molecule has 2 N–H and O–H groups in total. The van der Waals surface area contributed by atoms with Crippen LogP contribution in [0.15, 0.2) is 12.1 Å². The molecule has 0 saturated heterocycles. The second kappa shape index (κ2) is 6.08. The Hall–Kier alpha value is -1.53. The Morgan fingerprint density at radius 1 is 1.32 bits per heavy atom. The molecule has 0 bridgehead atoms. The molecule has 6 nitrogen and oxygen atoms in total. The van der Waals surface area contributed by atoms with Crippen LogP contribution in [0.2, 0.25) is 0 Å². The summed E-state index contributed by atoms with van der Waals surface area (Å²) in [5.41, 5.74) is 6.56. The van der Waals surface area contributed by atoms with Crippen molar-refractivity contribution in [2.24, 2.45) is 11.7 Å². The lowest BCUT2D eigenvalue weighted by molar-refractivity contribution is -0.385. The van der Waals surface area contributed by atoms with Crippen LogP contribution in [0, 0.1) is 16.0 Å². The summed E-state index contributed by atoms with van der Waals surface area (Å²) in [6.45, 7) is 0. The maximum absolute atomic E-state index is 11.1. The zero-order chi connectivity index (χ0) is 13.3. The van der Waals surface area contributed by atoms with E-state index in [1.807, 2.05) is 0 Å². The van der Waals surface area contributed by atoms with Gasteiger partial charge in [-0.3, -0.25) is 10.1 Å². The van der Waals surface area contributed by atoms with Crippen molar-refractivity contribution in [2.75, 3.05) is 14.2 Å². The minimum absolute atomic E-state index is 0. The summed E-state index contributed by atoms with van der Waals surface area (Å²) >= 11 is 0. The standard InChI is InChI=1S/C12H16N2O4.ClH/c1-17-10-5-8(12(13)7-3-4-7)9(14(15)16)6-11(10)18-2;/h5-7,12H,3-4,13H2,1-2H3;1H/t12-;/m0./s1. The Morgan fingerprint density at radius 2 is 1.84 bits per heavy atom. The fourth-order valence-corrected chi connectivity index (χ4v) is 2.02. The average molecular weight is 289 g/mol. The highest BCUT2D eigenvalue weighted by Gasteiger charge is 2.34. The van der Waals surface area contributed by atoms with E-state index in [0.717, 1.165) is 12.8 Å². The van der Waals surface area contributed by atoms with Crippen LogP contribution in [0.3, 0.4) is 0 Å². The van der Waals surface area contributed by atoms with Crippen molar-refractivity contribution in [1.29, 1.82) is 0 Å². The van der Waals surface area contributed by atoms with Gasteiger partial charge >= 0.3 is 0 Å². The van der Waals surface area contributed by atoms with Crippen molar-refractivity contribution in [3.05, 3.63) is 27.8 Å². The Balaban J connectivity index is 0.00000180. The van der Waals surface area contributed by atoms with E-state index >= 15 is 0 Å². The van der Waals surface area contributed by atoms with Gasteiger partial charge in [0.25, 0.3) is 5.69 Å². The molecule has 1 aromatic carbocycles. The summed E-state index contributed by atoms with van der Waals surface area (Å²) in [6, 6.07) is 2.67. The van der Waals surface area contributed by atoms with Crippen LogP contribution in [0.5, 0.6) is 11.5 Å². The number of methoxy groups -OCH3 is 2. The number of nitro benzene ring substituents is 1. The quantitative estimate of drug-likeness (QED) is 0.664. The van der Waals surface area contributed by atoms with Gasteiger partial charge in [0.05, 0.1) is 30.8 Å². The Bertz CT molecular complexity index is 477. The molecule has 0 amide bonds. The number of hydrogen-bond acceptors (Lipinski definition) is 5. The van der Waals surface area contributed by atoms with Crippen molar-refractivity contribution in [1.82, 2.24) is 0 Å². The zero-order valence-electron chi connectivity index (χ0n) is 10.8. The molecule has 1 aliphatic rings. The maximum Gasteiger partial charge on any atom is 0.278 e. The summed E-state index contributed by atoms with van der Waals surface area (Å²) in [4.78, 5) is 10.7. The molecule has 7 heteroatoms. The number of nitrogens with two attached hydrogens (primary N) is 1. The van der Waals surface area contributed by atoms with Crippen molar-refractivity contribution < 1.29 is 14.4 Å². The topological polar surface area (TPSA) is 87.6 Å². The van der Waals surface area contributed by atoms with Gasteiger partial charge in [0.15, 0.2) is 11.5 Å². The largest absolute Gasteiger partial charge is 0.493 e. The number of nitro groups is 1. The lowest BCUT2D eigenvalue weighted by Crippen LogP contribution is -2.14. The first-order valence-corrected chi connectivity index (χ1v) is 5.74. The lowest BCUT2D eigenvalue weighted by atomic mass is 10.0. The van der Waals surface area contributed by atoms with E-state index in [-0.39, 0.29) is 24.1 Å². The smallest absolute Gasteiger partial charge is 0.278 e. The molecule has 0 unspecified atom stereocenters. The first kappa shape index (κ1) is 15.5. The minimum atomic E-state index is -0.431. The number of halogens is 1. The Kier molecular flexibility index (Phi) is 4.97. The summed E-state index contributed by atoms with van der Waals surface area (Å²) in [7, 11) is 2.94. The highest BCUT2D eigenvalue weighted by molar-refractivity contribution is 5.85. The van der Waals surface area contributed by atoms with Crippen LogP contribution < -0.4 is 15.2 Å². The third-order valence-corrected chi connectivity index (χ3v) is 3.22. The molecular weight excluding hydrogens is 272 g/mol. The van der Waals surface area contributed by atoms with Crippen LogP contribution in [-0.4, -0.2) is 19.1 Å². The summed E-state index contributed by atoms with van der Waals surface area (Å²) in [5, 5.41) is 11.1. The number of hydrogen-bond donors (Lipinski definition) is 1. The molecule has 1 aliphatic carbocycles. The van der Waals surface area contributed by atoms with Gasteiger partial charge < -0.3 is 15.2 Å². The molecule has 1 fully saturated rings. The molecular formula is C12H17ClN2O4. The molecule has 0 radical (unpaired) electrons. The normalized spacial score (nSPS) is 15.3. The van der Waals surface area contributed by atoms with Gasteiger partial charge in [-0.1, -0.05) is 0 Å². The zero-order valence-corrected chi connectivity index (χ0v) is 11.6. The average Bonchev–Trinajstić information content (AvgIpc) is 3.20. The predicted molar refractivity (Wildman–Crippen MR) is 73.1 cm³/mol.